The van der Waals surface area contributed by atoms with Crippen molar-refractivity contribution in [3.63, 3.8) is 0 Å². The van der Waals surface area contributed by atoms with Gasteiger partial charge in [-0.2, -0.15) is 0 Å². The van der Waals surface area contributed by atoms with E-state index in [-0.39, 0.29) is 24.4 Å². The molecule has 1 aromatic carbocycles. The second kappa shape index (κ2) is 8.24. The largest absolute Gasteiger partial charge is 0.480 e. The minimum atomic E-state index is -1.02. The fraction of sp³-hybridized carbons (Fsp3) is 0.412. The normalized spacial score (nSPS) is 10.7. The molecule has 0 aliphatic carbocycles. The maximum Gasteiger partial charge on any atom is 0.323 e. The van der Waals surface area contributed by atoms with Gasteiger partial charge in [-0.15, -0.1) is 0 Å². The highest BCUT2D eigenvalue weighted by molar-refractivity contribution is 5.81. The summed E-state index contributed by atoms with van der Waals surface area (Å²) >= 11 is 0. The van der Waals surface area contributed by atoms with E-state index in [2.05, 4.69) is 9.97 Å². The number of nitrogens with one attached hydrogen (secondary N) is 1. The maximum atomic E-state index is 12.1. The van der Waals surface area contributed by atoms with Gasteiger partial charge in [-0.05, 0) is 25.0 Å². The van der Waals surface area contributed by atoms with E-state index in [1.807, 2.05) is 13.0 Å². The van der Waals surface area contributed by atoms with E-state index in [0.717, 1.165) is 0 Å². The van der Waals surface area contributed by atoms with Gasteiger partial charge in [0.1, 0.15) is 12.4 Å². The lowest BCUT2D eigenvalue weighted by molar-refractivity contribution is -0.144. The first kappa shape index (κ1) is 17.7. The first-order valence-electron chi connectivity index (χ1n) is 7.98. The SMILES string of the molecule is CCCN(CC(=O)O)C(=O)CCCc1nc2ccccc2c(=O)[nH]1. The average Bonchev–Trinajstić information content (AvgIpc) is 2.54. The van der Waals surface area contributed by atoms with Crippen molar-refractivity contribution in [1.29, 1.82) is 0 Å². The number of carbonyl (C=O) groups excluding carboxylic acids is 1. The van der Waals surface area contributed by atoms with Crippen molar-refractivity contribution in [2.75, 3.05) is 13.1 Å². The van der Waals surface area contributed by atoms with E-state index < -0.39 is 5.97 Å². The number of carboxylic acids is 1. The third-order valence-corrected chi connectivity index (χ3v) is 3.64. The van der Waals surface area contributed by atoms with Crippen LogP contribution < -0.4 is 5.56 Å². The van der Waals surface area contributed by atoms with Gasteiger partial charge in [0, 0.05) is 19.4 Å². The first-order valence-corrected chi connectivity index (χ1v) is 7.98. The standard InChI is InChI=1S/C17H21N3O4/c1-2-10-20(11-16(22)23)15(21)9-5-8-14-18-13-7-4-3-6-12(13)17(24)19-14/h3-4,6-7H,2,5,8-11H2,1H3,(H,22,23)(H,18,19,24). The number of amides is 1. The molecule has 24 heavy (non-hydrogen) atoms. The molecule has 0 bridgehead atoms. The molecule has 0 aliphatic heterocycles. The van der Waals surface area contributed by atoms with Crippen molar-refractivity contribution >= 4 is 22.8 Å². The minimum absolute atomic E-state index is 0.192. The van der Waals surface area contributed by atoms with E-state index in [9.17, 15) is 14.4 Å². The molecular weight excluding hydrogens is 310 g/mol. The number of rotatable bonds is 8. The third-order valence-electron chi connectivity index (χ3n) is 3.64. The number of aromatic nitrogens is 2. The molecule has 7 nitrogen and oxygen atoms in total. The predicted octanol–water partition coefficient (Wildman–Crippen LogP) is 1.57. The zero-order valence-electron chi connectivity index (χ0n) is 13.6. The number of para-hydroxylation sites is 1. The molecule has 0 atom stereocenters. The van der Waals surface area contributed by atoms with Gasteiger partial charge in [-0.3, -0.25) is 14.4 Å². The number of benzene rings is 1. The molecule has 1 aromatic heterocycles. The molecule has 1 amide bonds. The Morgan fingerprint density at radius 1 is 1.29 bits per heavy atom. The monoisotopic (exact) mass is 331 g/mol. The van der Waals surface area contributed by atoms with E-state index in [1.54, 1.807) is 18.2 Å². The summed E-state index contributed by atoms with van der Waals surface area (Å²) < 4.78 is 0. The fourth-order valence-corrected chi connectivity index (χ4v) is 2.54. The van der Waals surface area contributed by atoms with Crippen molar-refractivity contribution in [2.45, 2.75) is 32.6 Å². The molecule has 2 aromatic rings. The molecule has 0 saturated carbocycles. The van der Waals surface area contributed by atoms with Crippen LogP contribution in [0.5, 0.6) is 0 Å². The van der Waals surface area contributed by atoms with Crippen molar-refractivity contribution < 1.29 is 14.7 Å². The number of carbonyl (C=O) groups is 2. The fourth-order valence-electron chi connectivity index (χ4n) is 2.54. The summed E-state index contributed by atoms with van der Waals surface area (Å²) in [5.41, 5.74) is 0.432. The molecule has 2 rings (SSSR count). The van der Waals surface area contributed by atoms with Crippen LogP contribution in [-0.2, 0) is 16.0 Å². The number of H-pyrrole nitrogens is 1. The molecule has 0 spiro atoms. The van der Waals surface area contributed by atoms with Crippen molar-refractivity contribution in [2.24, 2.45) is 0 Å². The van der Waals surface area contributed by atoms with Crippen LogP contribution in [0, 0.1) is 0 Å². The van der Waals surface area contributed by atoms with Gasteiger partial charge in [0.15, 0.2) is 0 Å². The van der Waals surface area contributed by atoms with E-state index in [0.29, 0.717) is 42.5 Å². The van der Waals surface area contributed by atoms with Crippen molar-refractivity contribution in [1.82, 2.24) is 14.9 Å². The zero-order chi connectivity index (χ0) is 17.5. The Hall–Kier alpha value is -2.70. The number of aromatic amines is 1. The number of hydrogen-bond donors (Lipinski definition) is 2. The van der Waals surface area contributed by atoms with Crippen LogP contribution >= 0.6 is 0 Å². The van der Waals surface area contributed by atoms with E-state index in [1.165, 1.54) is 4.90 Å². The van der Waals surface area contributed by atoms with E-state index in [4.69, 9.17) is 5.11 Å². The lowest BCUT2D eigenvalue weighted by atomic mass is 10.2. The van der Waals surface area contributed by atoms with Gasteiger partial charge >= 0.3 is 5.97 Å². The van der Waals surface area contributed by atoms with Gasteiger partial charge < -0.3 is 15.0 Å². The Morgan fingerprint density at radius 3 is 2.75 bits per heavy atom. The second-order valence-corrected chi connectivity index (χ2v) is 5.59. The molecule has 0 radical (unpaired) electrons. The van der Waals surface area contributed by atoms with Crippen LogP contribution in [0.1, 0.15) is 32.0 Å². The molecule has 2 N–H and O–H groups in total. The highest BCUT2D eigenvalue weighted by Crippen LogP contribution is 2.08. The summed E-state index contributed by atoms with van der Waals surface area (Å²) in [5.74, 6) is -0.675. The number of nitrogens with zero attached hydrogens (tertiary/aromatic N) is 2. The molecule has 128 valence electrons. The highest BCUT2D eigenvalue weighted by Gasteiger charge is 2.15. The zero-order valence-corrected chi connectivity index (χ0v) is 13.6. The van der Waals surface area contributed by atoms with Gasteiger partial charge in [0.2, 0.25) is 5.91 Å². The molecular formula is C17H21N3O4. The number of hydrogen-bond acceptors (Lipinski definition) is 4. The summed E-state index contributed by atoms with van der Waals surface area (Å²) in [6.45, 7) is 2.04. The predicted molar refractivity (Wildman–Crippen MR) is 89.8 cm³/mol. The molecule has 0 aliphatic rings. The quantitative estimate of drug-likeness (QED) is 0.764. The van der Waals surface area contributed by atoms with Crippen LogP contribution in [0.2, 0.25) is 0 Å². The summed E-state index contributed by atoms with van der Waals surface area (Å²) in [7, 11) is 0. The smallest absolute Gasteiger partial charge is 0.323 e. The molecule has 1 heterocycles. The van der Waals surface area contributed by atoms with Crippen LogP contribution in [0.25, 0.3) is 10.9 Å². The number of fused-ring (bicyclic) bond motifs is 1. The lowest BCUT2D eigenvalue weighted by Crippen LogP contribution is -2.36. The average molecular weight is 331 g/mol. The van der Waals surface area contributed by atoms with Gasteiger partial charge in [-0.25, -0.2) is 4.98 Å². The Balaban J connectivity index is 1.97. The third kappa shape index (κ3) is 4.65. The van der Waals surface area contributed by atoms with Gasteiger partial charge in [-0.1, -0.05) is 19.1 Å². The number of aryl methyl sites for hydroxylation is 1. The lowest BCUT2D eigenvalue weighted by Gasteiger charge is -2.19. The Kier molecular flexibility index (Phi) is 6.06. The molecule has 7 heteroatoms. The molecule has 0 saturated heterocycles. The van der Waals surface area contributed by atoms with Crippen molar-refractivity contribution in [3.8, 4) is 0 Å². The first-order chi connectivity index (χ1) is 11.5. The number of aliphatic carboxylic acids is 1. The van der Waals surface area contributed by atoms with Crippen LogP contribution in [0.15, 0.2) is 29.1 Å². The molecule has 0 fully saturated rings. The topological polar surface area (TPSA) is 103 Å². The van der Waals surface area contributed by atoms with E-state index >= 15 is 0 Å². The summed E-state index contributed by atoms with van der Waals surface area (Å²) in [6, 6.07) is 7.08. The van der Waals surface area contributed by atoms with Crippen LogP contribution in [-0.4, -0.2) is 44.9 Å². The summed E-state index contributed by atoms with van der Waals surface area (Å²) in [4.78, 5) is 43.3. The summed E-state index contributed by atoms with van der Waals surface area (Å²) in [5, 5.41) is 9.39. The number of carboxylic acid groups (broad SMARTS) is 1. The Labute approximate surface area is 139 Å². The summed E-state index contributed by atoms with van der Waals surface area (Å²) in [6.07, 6.45) is 1.89. The highest BCUT2D eigenvalue weighted by atomic mass is 16.4. The van der Waals surface area contributed by atoms with Crippen LogP contribution in [0.4, 0.5) is 0 Å². The maximum absolute atomic E-state index is 12.1. The Bertz CT molecular complexity index is 785. The van der Waals surface area contributed by atoms with Gasteiger partial charge in [0.05, 0.1) is 10.9 Å². The molecule has 0 unspecified atom stereocenters. The van der Waals surface area contributed by atoms with Crippen molar-refractivity contribution in [3.05, 3.63) is 40.4 Å². The van der Waals surface area contributed by atoms with Crippen LogP contribution in [0.3, 0.4) is 0 Å². The van der Waals surface area contributed by atoms with Gasteiger partial charge in [0.25, 0.3) is 5.56 Å². The minimum Gasteiger partial charge on any atom is -0.480 e. The second-order valence-electron chi connectivity index (χ2n) is 5.59. The Morgan fingerprint density at radius 2 is 2.04 bits per heavy atom.